The van der Waals surface area contributed by atoms with Gasteiger partial charge in [0.15, 0.2) is 0 Å². The Balaban J connectivity index is 2.78. The summed E-state index contributed by atoms with van der Waals surface area (Å²) in [5.41, 5.74) is 0.193. The molecule has 1 aromatic carbocycles. The molecule has 0 radical (unpaired) electrons. The van der Waals surface area contributed by atoms with E-state index in [9.17, 15) is 17.4 Å². The van der Waals surface area contributed by atoms with Gasteiger partial charge in [-0.1, -0.05) is 6.07 Å². The molecule has 1 unspecified atom stereocenters. The van der Waals surface area contributed by atoms with Crippen LogP contribution in [0, 0.1) is 0 Å². The molecule has 0 saturated carbocycles. The van der Waals surface area contributed by atoms with Crippen LogP contribution in [-0.2, 0) is 19.9 Å². The van der Waals surface area contributed by atoms with Gasteiger partial charge in [0.05, 0.1) is 4.90 Å². The average Bonchev–Trinajstić information content (AvgIpc) is 2.27. The SMILES string of the molecule is CS(=O)CCNC(=O)c1cccc(S(=O)(=O)Cl)c1. The molecular formula is C10H12ClNO4S2. The quantitative estimate of drug-likeness (QED) is 0.813. The number of rotatable bonds is 5. The minimum absolute atomic E-state index is 0.129. The predicted octanol–water partition coefficient (Wildman–Crippen LogP) is 0.722. The Kier molecular flexibility index (Phi) is 5.30. The lowest BCUT2D eigenvalue weighted by atomic mass is 10.2. The Morgan fingerprint density at radius 3 is 2.67 bits per heavy atom. The normalized spacial score (nSPS) is 13.0. The molecule has 5 nitrogen and oxygen atoms in total. The third-order valence-electron chi connectivity index (χ3n) is 2.05. The van der Waals surface area contributed by atoms with E-state index in [4.69, 9.17) is 10.7 Å². The first kappa shape index (κ1) is 15.1. The number of carbonyl (C=O) groups is 1. The highest BCUT2D eigenvalue weighted by atomic mass is 35.7. The molecule has 0 spiro atoms. The maximum Gasteiger partial charge on any atom is 0.261 e. The fourth-order valence-electron chi connectivity index (χ4n) is 1.20. The van der Waals surface area contributed by atoms with Gasteiger partial charge in [0.1, 0.15) is 0 Å². The van der Waals surface area contributed by atoms with Crippen LogP contribution < -0.4 is 5.32 Å². The van der Waals surface area contributed by atoms with Crippen molar-refractivity contribution in [2.75, 3.05) is 18.6 Å². The van der Waals surface area contributed by atoms with Crippen LogP contribution in [0.2, 0.25) is 0 Å². The van der Waals surface area contributed by atoms with Crippen molar-refractivity contribution in [3.05, 3.63) is 29.8 Å². The van der Waals surface area contributed by atoms with Crippen LogP contribution in [0.25, 0.3) is 0 Å². The van der Waals surface area contributed by atoms with Crippen LogP contribution >= 0.6 is 10.7 Å². The lowest BCUT2D eigenvalue weighted by Crippen LogP contribution is -2.27. The molecule has 0 aromatic heterocycles. The van der Waals surface area contributed by atoms with Crippen molar-refractivity contribution in [3.63, 3.8) is 0 Å². The van der Waals surface area contributed by atoms with E-state index in [0.29, 0.717) is 5.75 Å². The molecule has 0 saturated heterocycles. The molecular weight excluding hydrogens is 298 g/mol. The topological polar surface area (TPSA) is 80.3 Å². The Morgan fingerprint density at radius 1 is 1.44 bits per heavy atom. The summed E-state index contributed by atoms with van der Waals surface area (Å²) in [6.07, 6.45) is 1.53. The van der Waals surface area contributed by atoms with E-state index < -0.39 is 25.8 Å². The van der Waals surface area contributed by atoms with Gasteiger partial charge in [-0.2, -0.15) is 0 Å². The van der Waals surface area contributed by atoms with Gasteiger partial charge in [-0.05, 0) is 18.2 Å². The first-order chi connectivity index (χ1) is 8.30. The number of benzene rings is 1. The summed E-state index contributed by atoms with van der Waals surface area (Å²) >= 11 is 0. The molecule has 8 heteroatoms. The molecule has 0 aliphatic heterocycles. The molecule has 0 aliphatic carbocycles. The summed E-state index contributed by atoms with van der Waals surface area (Å²) in [7, 11) is 0.344. The molecule has 18 heavy (non-hydrogen) atoms. The number of amides is 1. The van der Waals surface area contributed by atoms with Gasteiger partial charge in [-0.3, -0.25) is 9.00 Å². The summed E-state index contributed by atoms with van der Waals surface area (Å²) in [6.45, 7) is 0.264. The average molecular weight is 310 g/mol. The summed E-state index contributed by atoms with van der Waals surface area (Å²) in [5, 5.41) is 2.54. The largest absolute Gasteiger partial charge is 0.351 e. The highest BCUT2D eigenvalue weighted by molar-refractivity contribution is 8.13. The highest BCUT2D eigenvalue weighted by Gasteiger charge is 2.13. The van der Waals surface area contributed by atoms with Crippen molar-refractivity contribution in [2.45, 2.75) is 4.90 Å². The van der Waals surface area contributed by atoms with Crippen molar-refractivity contribution in [1.29, 1.82) is 0 Å². The van der Waals surface area contributed by atoms with Gasteiger partial charge in [0, 0.05) is 45.6 Å². The van der Waals surface area contributed by atoms with Gasteiger partial charge >= 0.3 is 0 Å². The zero-order valence-corrected chi connectivity index (χ0v) is 11.9. The number of hydrogen-bond donors (Lipinski definition) is 1. The summed E-state index contributed by atoms with van der Waals surface area (Å²) in [6, 6.07) is 5.41. The van der Waals surface area contributed by atoms with E-state index in [1.54, 1.807) is 0 Å². The summed E-state index contributed by atoms with van der Waals surface area (Å²) in [5.74, 6) is -0.0817. The van der Waals surface area contributed by atoms with Crippen molar-refractivity contribution < 1.29 is 17.4 Å². The van der Waals surface area contributed by atoms with E-state index in [0.717, 1.165) is 0 Å². The fraction of sp³-hybridized carbons (Fsp3) is 0.300. The monoisotopic (exact) mass is 309 g/mol. The maximum atomic E-state index is 11.7. The first-order valence-corrected chi connectivity index (χ1v) is 8.97. The van der Waals surface area contributed by atoms with Crippen LogP contribution in [0.15, 0.2) is 29.2 Å². The molecule has 0 aliphatic rings. The van der Waals surface area contributed by atoms with Crippen LogP contribution in [0.3, 0.4) is 0 Å². The minimum Gasteiger partial charge on any atom is -0.351 e. The van der Waals surface area contributed by atoms with E-state index >= 15 is 0 Å². The first-order valence-electron chi connectivity index (χ1n) is 4.93. The predicted molar refractivity (Wildman–Crippen MR) is 70.7 cm³/mol. The second kappa shape index (κ2) is 6.31. The summed E-state index contributed by atoms with van der Waals surface area (Å²) < 4.78 is 33.0. The smallest absolute Gasteiger partial charge is 0.261 e. The Morgan fingerprint density at radius 2 is 2.11 bits per heavy atom. The maximum absolute atomic E-state index is 11.7. The van der Waals surface area contributed by atoms with E-state index in [1.807, 2.05) is 0 Å². The minimum atomic E-state index is -3.85. The lowest BCUT2D eigenvalue weighted by molar-refractivity contribution is 0.0956. The molecule has 100 valence electrons. The van der Waals surface area contributed by atoms with Crippen LogP contribution in [0.4, 0.5) is 0 Å². The highest BCUT2D eigenvalue weighted by Crippen LogP contribution is 2.15. The Bertz CT molecular complexity index is 571. The van der Waals surface area contributed by atoms with Crippen molar-refractivity contribution >= 4 is 36.4 Å². The Hall–Kier alpha value is -0.920. The van der Waals surface area contributed by atoms with Gasteiger partial charge in [-0.15, -0.1) is 0 Å². The number of carbonyl (C=O) groups excluding carboxylic acids is 1. The zero-order chi connectivity index (χ0) is 13.8. The lowest BCUT2D eigenvalue weighted by Gasteiger charge is -2.05. The third kappa shape index (κ3) is 4.75. The molecule has 0 fully saturated rings. The van der Waals surface area contributed by atoms with E-state index in [2.05, 4.69) is 5.32 Å². The molecule has 0 bridgehead atoms. The second-order valence-corrected chi connectivity index (χ2v) is 7.62. The number of nitrogens with one attached hydrogen (secondary N) is 1. The van der Waals surface area contributed by atoms with E-state index in [-0.39, 0.29) is 17.0 Å². The fourth-order valence-corrected chi connectivity index (χ4v) is 2.39. The van der Waals surface area contributed by atoms with Crippen LogP contribution in [0.5, 0.6) is 0 Å². The van der Waals surface area contributed by atoms with Crippen molar-refractivity contribution in [1.82, 2.24) is 5.32 Å². The third-order valence-corrected chi connectivity index (χ3v) is 4.18. The second-order valence-electron chi connectivity index (χ2n) is 3.50. The van der Waals surface area contributed by atoms with Crippen LogP contribution in [0.1, 0.15) is 10.4 Å². The van der Waals surface area contributed by atoms with Gasteiger partial charge in [-0.25, -0.2) is 8.42 Å². The molecule has 0 heterocycles. The van der Waals surface area contributed by atoms with Crippen molar-refractivity contribution in [3.8, 4) is 0 Å². The van der Waals surface area contributed by atoms with Gasteiger partial charge < -0.3 is 5.32 Å². The van der Waals surface area contributed by atoms with Gasteiger partial charge in [0.2, 0.25) is 0 Å². The Labute approximate surface area is 112 Å². The summed E-state index contributed by atoms with van der Waals surface area (Å²) in [4.78, 5) is 11.5. The zero-order valence-electron chi connectivity index (χ0n) is 9.55. The van der Waals surface area contributed by atoms with Crippen LogP contribution in [-0.4, -0.2) is 37.1 Å². The standard InChI is InChI=1S/C10H12ClNO4S2/c1-17(14)6-5-12-10(13)8-3-2-4-9(7-8)18(11,15)16/h2-4,7H,5-6H2,1H3,(H,12,13). The number of halogens is 1. The van der Waals surface area contributed by atoms with E-state index in [1.165, 1.54) is 30.5 Å². The molecule has 1 atom stereocenters. The van der Waals surface area contributed by atoms with Gasteiger partial charge in [0.25, 0.3) is 15.0 Å². The molecule has 1 rings (SSSR count). The number of hydrogen-bond acceptors (Lipinski definition) is 4. The van der Waals surface area contributed by atoms with Crippen molar-refractivity contribution in [2.24, 2.45) is 0 Å². The molecule has 1 N–H and O–H groups in total. The molecule has 1 aromatic rings. The molecule has 1 amide bonds.